The van der Waals surface area contributed by atoms with E-state index in [-0.39, 0.29) is 17.2 Å². The van der Waals surface area contributed by atoms with Crippen LogP contribution in [-0.4, -0.2) is 10.7 Å². The quantitative estimate of drug-likeness (QED) is 0.446. The van der Waals surface area contributed by atoms with Gasteiger partial charge in [-0.05, 0) is 6.07 Å². The average molecular weight is 224 g/mol. The third kappa shape index (κ3) is 2.60. The number of rotatable bonds is 4. The van der Waals surface area contributed by atoms with Gasteiger partial charge < -0.3 is 0 Å². The molecule has 1 heterocycles. The van der Waals surface area contributed by atoms with Gasteiger partial charge in [-0.25, -0.2) is 0 Å². The predicted octanol–water partition coefficient (Wildman–Crippen LogP) is 2.39. The Bertz CT molecular complexity index is 433. The van der Waals surface area contributed by atoms with Gasteiger partial charge in [-0.15, -0.1) is 0 Å². The van der Waals surface area contributed by atoms with Gasteiger partial charge in [0.1, 0.15) is 0 Å². The molecule has 1 atom stereocenters. The van der Waals surface area contributed by atoms with Crippen LogP contribution in [0.15, 0.2) is 12.1 Å². The van der Waals surface area contributed by atoms with Gasteiger partial charge in [0.25, 0.3) is 0 Å². The van der Waals surface area contributed by atoms with Crippen molar-refractivity contribution in [2.75, 3.05) is 0 Å². The van der Waals surface area contributed by atoms with Crippen LogP contribution >= 0.6 is 11.3 Å². The van der Waals surface area contributed by atoms with E-state index in [0.29, 0.717) is 4.88 Å². The lowest BCUT2D eigenvalue weighted by molar-refractivity contribution is -0.380. The van der Waals surface area contributed by atoms with Gasteiger partial charge in [0.2, 0.25) is 0 Å². The highest BCUT2D eigenvalue weighted by atomic mass is 32.1. The molecule has 1 unspecified atom stereocenters. The van der Waals surface area contributed by atoms with Crippen molar-refractivity contribution in [3.63, 3.8) is 0 Å². The Morgan fingerprint density at radius 1 is 1.73 bits per heavy atom. The van der Waals surface area contributed by atoms with Crippen LogP contribution in [0.25, 0.3) is 0 Å². The Morgan fingerprint density at radius 2 is 2.40 bits per heavy atom. The fourth-order valence-electron chi connectivity index (χ4n) is 1.03. The molecule has 0 fully saturated rings. The third-order valence-electron chi connectivity index (χ3n) is 1.86. The second-order valence-corrected chi connectivity index (χ2v) is 4.08. The van der Waals surface area contributed by atoms with Crippen LogP contribution < -0.4 is 0 Å². The second kappa shape index (κ2) is 4.66. The molecule has 0 aliphatic carbocycles. The van der Waals surface area contributed by atoms with E-state index in [0.717, 1.165) is 11.3 Å². The van der Waals surface area contributed by atoms with Crippen LogP contribution in [0.4, 0.5) is 5.00 Å². The van der Waals surface area contributed by atoms with Gasteiger partial charge in [0.15, 0.2) is 5.78 Å². The van der Waals surface area contributed by atoms with E-state index in [4.69, 9.17) is 5.26 Å². The fourth-order valence-corrected chi connectivity index (χ4v) is 1.90. The summed E-state index contributed by atoms with van der Waals surface area (Å²) in [6.07, 6.45) is 0.129. The molecular weight excluding hydrogens is 216 g/mol. The molecule has 1 aromatic rings. The Balaban J connectivity index is 2.84. The number of carbonyl (C=O) groups is 1. The Kier molecular flexibility index (Phi) is 3.52. The summed E-state index contributed by atoms with van der Waals surface area (Å²) >= 11 is 0.845. The van der Waals surface area contributed by atoms with Crippen molar-refractivity contribution < 1.29 is 9.72 Å². The maximum absolute atomic E-state index is 11.6. The lowest BCUT2D eigenvalue weighted by Crippen LogP contribution is -2.08. The van der Waals surface area contributed by atoms with E-state index in [1.165, 1.54) is 12.1 Å². The number of nitriles is 1. The highest BCUT2D eigenvalue weighted by Gasteiger charge is 2.19. The number of nitro groups is 1. The molecule has 1 rings (SSSR count). The molecular formula is C9H8N2O3S. The molecule has 0 saturated heterocycles. The highest BCUT2D eigenvalue weighted by molar-refractivity contribution is 7.17. The molecule has 15 heavy (non-hydrogen) atoms. The summed E-state index contributed by atoms with van der Waals surface area (Å²) in [6.45, 7) is 1.64. The van der Waals surface area contributed by atoms with Crippen molar-refractivity contribution in [2.24, 2.45) is 5.92 Å². The van der Waals surface area contributed by atoms with Crippen molar-refractivity contribution in [1.82, 2.24) is 0 Å². The first kappa shape index (κ1) is 11.3. The first-order valence-electron chi connectivity index (χ1n) is 4.21. The fraction of sp³-hybridized carbons (Fsp3) is 0.333. The SMILES string of the molecule is CC(CC#N)C(=O)c1ccc([N+](=O)[O-])s1. The maximum atomic E-state index is 11.6. The molecule has 0 amide bonds. The largest absolute Gasteiger partial charge is 0.324 e. The number of carbonyl (C=O) groups excluding carboxylic acids is 1. The van der Waals surface area contributed by atoms with Crippen molar-refractivity contribution in [3.05, 3.63) is 27.1 Å². The molecule has 0 aliphatic heterocycles. The van der Waals surface area contributed by atoms with E-state index in [1.807, 2.05) is 6.07 Å². The van der Waals surface area contributed by atoms with E-state index >= 15 is 0 Å². The number of Topliss-reactive ketones (excluding diaryl/α,β-unsaturated/α-hetero) is 1. The topological polar surface area (TPSA) is 84.0 Å². The van der Waals surface area contributed by atoms with Crippen LogP contribution in [0.3, 0.4) is 0 Å². The summed E-state index contributed by atoms with van der Waals surface area (Å²) in [5.74, 6) is -0.622. The van der Waals surface area contributed by atoms with Gasteiger partial charge in [-0.3, -0.25) is 14.9 Å². The summed E-state index contributed by atoms with van der Waals surface area (Å²) in [6, 6.07) is 4.63. The van der Waals surface area contributed by atoms with Crippen molar-refractivity contribution >= 4 is 22.1 Å². The summed E-state index contributed by atoms with van der Waals surface area (Å²) in [5, 5.41) is 18.8. The minimum atomic E-state index is -0.531. The van der Waals surface area contributed by atoms with Crippen LogP contribution in [-0.2, 0) is 0 Å². The van der Waals surface area contributed by atoms with E-state index in [1.54, 1.807) is 6.92 Å². The number of ketones is 1. The van der Waals surface area contributed by atoms with Gasteiger partial charge in [0, 0.05) is 18.4 Å². The smallest absolute Gasteiger partial charge is 0.293 e. The van der Waals surface area contributed by atoms with E-state index in [9.17, 15) is 14.9 Å². The van der Waals surface area contributed by atoms with Crippen molar-refractivity contribution in [3.8, 4) is 6.07 Å². The highest BCUT2D eigenvalue weighted by Crippen LogP contribution is 2.26. The van der Waals surface area contributed by atoms with Crippen molar-refractivity contribution in [2.45, 2.75) is 13.3 Å². The zero-order chi connectivity index (χ0) is 11.4. The molecule has 0 aromatic carbocycles. The van der Waals surface area contributed by atoms with Crippen LogP contribution in [0.1, 0.15) is 23.0 Å². The minimum absolute atomic E-state index is 0.0532. The van der Waals surface area contributed by atoms with Crippen LogP contribution in [0.2, 0.25) is 0 Å². The number of thiophene rings is 1. The lowest BCUT2D eigenvalue weighted by Gasteiger charge is -2.01. The Labute approximate surface area is 90.1 Å². The third-order valence-corrected chi connectivity index (χ3v) is 2.91. The summed E-state index contributed by atoms with van der Waals surface area (Å²) in [5.41, 5.74) is 0. The summed E-state index contributed by atoms with van der Waals surface area (Å²) < 4.78 is 0. The maximum Gasteiger partial charge on any atom is 0.324 e. The van der Waals surface area contributed by atoms with Gasteiger partial charge >= 0.3 is 5.00 Å². The first-order chi connectivity index (χ1) is 7.06. The minimum Gasteiger partial charge on any atom is -0.293 e. The second-order valence-electron chi connectivity index (χ2n) is 3.02. The molecule has 0 spiro atoms. The predicted molar refractivity (Wildman–Crippen MR) is 54.7 cm³/mol. The monoisotopic (exact) mass is 224 g/mol. The molecule has 0 aliphatic rings. The molecule has 6 heteroatoms. The molecule has 0 N–H and O–H groups in total. The Hall–Kier alpha value is -1.74. The first-order valence-corrected chi connectivity index (χ1v) is 5.03. The molecule has 78 valence electrons. The van der Waals surface area contributed by atoms with Crippen LogP contribution in [0, 0.1) is 27.4 Å². The number of nitrogens with zero attached hydrogens (tertiary/aromatic N) is 2. The van der Waals surface area contributed by atoms with Gasteiger partial charge in [0.05, 0.1) is 15.9 Å². The van der Waals surface area contributed by atoms with E-state index in [2.05, 4.69) is 0 Å². The summed E-state index contributed by atoms with van der Waals surface area (Å²) in [4.78, 5) is 21.8. The molecule has 5 nitrogen and oxygen atoms in total. The zero-order valence-electron chi connectivity index (χ0n) is 7.97. The van der Waals surface area contributed by atoms with Gasteiger partial charge in [-0.1, -0.05) is 18.3 Å². The normalized spacial score (nSPS) is 11.7. The lowest BCUT2D eigenvalue weighted by atomic mass is 10.0. The Morgan fingerprint density at radius 3 is 2.87 bits per heavy atom. The zero-order valence-corrected chi connectivity index (χ0v) is 8.78. The van der Waals surface area contributed by atoms with Crippen LogP contribution in [0.5, 0.6) is 0 Å². The van der Waals surface area contributed by atoms with Gasteiger partial charge in [-0.2, -0.15) is 5.26 Å². The molecule has 0 bridgehead atoms. The van der Waals surface area contributed by atoms with Crippen molar-refractivity contribution in [1.29, 1.82) is 5.26 Å². The number of hydrogen-bond donors (Lipinski definition) is 0. The number of hydrogen-bond acceptors (Lipinski definition) is 5. The molecule has 0 saturated carbocycles. The summed E-state index contributed by atoms with van der Waals surface area (Å²) in [7, 11) is 0. The molecule has 1 aromatic heterocycles. The van der Waals surface area contributed by atoms with E-state index < -0.39 is 10.8 Å². The molecule has 0 radical (unpaired) electrons. The average Bonchev–Trinajstić information content (AvgIpc) is 2.65. The standard InChI is InChI=1S/C9H8N2O3S/c1-6(4-5-10)9(12)7-2-3-8(15-7)11(13)14/h2-3,6H,4H2,1H3.